The maximum Gasteiger partial charge on any atom is 0.250 e. The molecule has 0 heterocycles. The third kappa shape index (κ3) is 2.20. The third-order valence-electron chi connectivity index (χ3n) is 1.69. The van der Waals surface area contributed by atoms with Gasteiger partial charge in [-0.2, -0.15) is 0 Å². The van der Waals surface area contributed by atoms with Gasteiger partial charge in [-0.1, -0.05) is 6.07 Å². The average Bonchev–Trinajstić information content (AvgIpc) is 2.15. The maximum atomic E-state index is 13.2. The number of hydrogen-bond donors (Lipinski definition) is 3. The summed E-state index contributed by atoms with van der Waals surface area (Å²) in [7, 11) is 0. The highest BCUT2D eigenvalue weighted by molar-refractivity contribution is 5.98. The van der Waals surface area contributed by atoms with E-state index in [1.807, 2.05) is 0 Å². The van der Waals surface area contributed by atoms with Crippen LogP contribution in [0.25, 0.3) is 0 Å². The Morgan fingerprint density at radius 2 is 2.29 bits per heavy atom. The molecule has 0 bridgehead atoms. The van der Waals surface area contributed by atoms with Crippen LogP contribution in [0.2, 0.25) is 0 Å². The van der Waals surface area contributed by atoms with Gasteiger partial charge in [-0.3, -0.25) is 4.79 Å². The molecule has 0 aromatic heterocycles. The minimum atomic E-state index is -0.704. The monoisotopic (exact) mass is 198 g/mol. The number of benzene rings is 1. The van der Waals surface area contributed by atoms with Gasteiger partial charge in [-0.15, -0.1) is 0 Å². The molecule has 4 N–H and O–H groups in total. The molecule has 1 rings (SSSR count). The van der Waals surface area contributed by atoms with Crippen LogP contribution in [0, 0.1) is 5.82 Å². The molecule has 0 spiro atoms. The van der Waals surface area contributed by atoms with E-state index >= 15 is 0 Å². The van der Waals surface area contributed by atoms with Crippen molar-refractivity contribution >= 4 is 11.6 Å². The first-order valence-electron chi connectivity index (χ1n) is 4.10. The van der Waals surface area contributed by atoms with E-state index < -0.39 is 11.7 Å². The van der Waals surface area contributed by atoms with Crippen molar-refractivity contribution in [3.8, 4) is 0 Å². The fourth-order valence-corrected chi connectivity index (χ4v) is 1.09. The Morgan fingerprint density at radius 3 is 2.86 bits per heavy atom. The van der Waals surface area contributed by atoms with Crippen LogP contribution < -0.4 is 11.1 Å². The summed E-state index contributed by atoms with van der Waals surface area (Å²) in [6.07, 6.45) is 0. The van der Waals surface area contributed by atoms with Gasteiger partial charge in [0.1, 0.15) is 5.82 Å². The highest BCUT2D eigenvalue weighted by Crippen LogP contribution is 2.18. The number of nitrogens with one attached hydrogen (secondary N) is 1. The number of rotatable bonds is 4. The molecule has 0 fully saturated rings. The van der Waals surface area contributed by atoms with Gasteiger partial charge in [0.15, 0.2) is 0 Å². The van der Waals surface area contributed by atoms with Crippen molar-refractivity contribution in [1.82, 2.24) is 0 Å². The lowest BCUT2D eigenvalue weighted by Gasteiger charge is -2.09. The van der Waals surface area contributed by atoms with Crippen molar-refractivity contribution in [1.29, 1.82) is 0 Å². The van der Waals surface area contributed by atoms with E-state index in [0.717, 1.165) is 0 Å². The molecule has 1 aromatic carbocycles. The molecule has 0 atom stereocenters. The molecule has 0 aliphatic carbocycles. The topological polar surface area (TPSA) is 75.4 Å². The number of nitrogens with two attached hydrogens (primary N) is 1. The SMILES string of the molecule is NC(=O)c1cccc(F)c1NCCO. The molecule has 4 nitrogen and oxygen atoms in total. The van der Waals surface area contributed by atoms with Gasteiger partial charge in [0.25, 0.3) is 5.91 Å². The molecule has 0 aliphatic heterocycles. The molecule has 5 heteroatoms. The molecule has 0 radical (unpaired) electrons. The Kier molecular flexibility index (Phi) is 3.41. The number of primary amides is 1. The van der Waals surface area contributed by atoms with Gasteiger partial charge in [0, 0.05) is 6.54 Å². The summed E-state index contributed by atoms with van der Waals surface area (Å²) in [5, 5.41) is 11.1. The van der Waals surface area contributed by atoms with Crippen LogP contribution in [0.3, 0.4) is 0 Å². The first-order valence-corrected chi connectivity index (χ1v) is 4.10. The number of anilines is 1. The fraction of sp³-hybridized carbons (Fsp3) is 0.222. The predicted molar refractivity (Wildman–Crippen MR) is 50.5 cm³/mol. The quantitative estimate of drug-likeness (QED) is 0.652. The van der Waals surface area contributed by atoms with Crippen molar-refractivity contribution < 1.29 is 14.3 Å². The lowest BCUT2D eigenvalue weighted by atomic mass is 10.1. The number of aliphatic hydroxyl groups is 1. The summed E-state index contributed by atoms with van der Waals surface area (Å²) < 4.78 is 13.2. The van der Waals surface area contributed by atoms with Crippen LogP contribution in [-0.2, 0) is 0 Å². The van der Waals surface area contributed by atoms with Crippen LogP contribution in [0.4, 0.5) is 10.1 Å². The normalized spacial score (nSPS) is 9.86. The number of halogens is 1. The van der Waals surface area contributed by atoms with Crippen molar-refractivity contribution in [3.63, 3.8) is 0 Å². The molecule has 1 amide bonds. The Labute approximate surface area is 80.5 Å². The largest absolute Gasteiger partial charge is 0.395 e. The molecule has 0 saturated heterocycles. The molecule has 0 saturated carbocycles. The maximum absolute atomic E-state index is 13.2. The lowest BCUT2D eigenvalue weighted by Crippen LogP contribution is -2.17. The smallest absolute Gasteiger partial charge is 0.250 e. The van der Waals surface area contributed by atoms with Gasteiger partial charge in [-0.25, -0.2) is 4.39 Å². The van der Waals surface area contributed by atoms with E-state index in [-0.39, 0.29) is 24.4 Å². The van der Waals surface area contributed by atoms with Crippen molar-refractivity contribution in [2.24, 2.45) is 5.73 Å². The second kappa shape index (κ2) is 4.57. The zero-order valence-corrected chi connectivity index (χ0v) is 7.46. The summed E-state index contributed by atoms with van der Waals surface area (Å²) >= 11 is 0. The summed E-state index contributed by atoms with van der Waals surface area (Å²) in [6.45, 7) is 0.0216. The van der Waals surface area contributed by atoms with Gasteiger partial charge in [0.2, 0.25) is 0 Å². The van der Waals surface area contributed by atoms with Crippen LogP contribution in [0.5, 0.6) is 0 Å². The molecule has 0 unspecified atom stereocenters. The highest BCUT2D eigenvalue weighted by atomic mass is 19.1. The van der Waals surface area contributed by atoms with Crippen molar-refractivity contribution in [2.45, 2.75) is 0 Å². The molecule has 76 valence electrons. The minimum absolute atomic E-state index is 0.0362. The van der Waals surface area contributed by atoms with E-state index in [9.17, 15) is 9.18 Å². The van der Waals surface area contributed by atoms with Gasteiger partial charge in [-0.05, 0) is 12.1 Å². The first kappa shape index (κ1) is 10.5. The van der Waals surface area contributed by atoms with Gasteiger partial charge < -0.3 is 16.2 Å². The van der Waals surface area contributed by atoms with E-state index in [0.29, 0.717) is 0 Å². The second-order valence-electron chi connectivity index (χ2n) is 2.68. The minimum Gasteiger partial charge on any atom is -0.395 e. The van der Waals surface area contributed by atoms with E-state index in [1.54, 1.807) is 0 Å². The number of para-hydroxylation sites is 1. The van der Waals surface area contributed by atoms with Gasteiger partial charge in [0.05, 0.1) is 17.9 Å². The summed E-state index contributed by atoms with van der Waals surface area (Å²) in [5.41, 5.74) is 5.17. The van der Waals surface area contributed by atoms with Crippen molar-refractivity contribution in [2.75, 3.05) is 18.5 Å². The lowest BCUT2D eigenvalue weighted by molar-refractivity contribution is 0.100. The highest BCUT2D eigenvalue weighted by Gasteiger charge is 2.11. The Morgan fingerprint density at radius 1 is 1.57 bits per heavy atom. The van der Waals surface area contributed by atoms with Gasteiger partial charge >= 0.3 is 0 Å². The molecular formula is C9H11FN2O2. The zero-order valence-electron chi connectivity index (χ0n) is 7.46. The number of amides is 1. The molecule has 0 aliphatic rings. The third-order valence-corrected chi connectivity index (χ3v) is 1.69. The van der Waals surface area contributed by atoms with E-state index in [4.69, 9.17) is 10.8 Å². The van der Waals surface area contributed by atoms with Crippen LogP contribution in [-0.4, -0.2) is 24.2 Å². The first-order chi connectivity index (χ1) is 6.66. The number of aliphatic hydroxyl groups excluding tert-OH is 1. The fourth-order valence-electron chi connectivity index (χ4n) is 1.09. The summed E-state index contributed by atoms with van der Waals surface area (Å²) in [6, 6.07) is 4.04. The van der Waals surface area contributed by atoms with Crippen LogP contribution >= 0.6 is 0 Å². The Bertz CT molecular complexity index is 342. The average molecular weight is 198 g/mol. The molecule has 1 aromatic rings. The summed E-state index contributed by atoms with van der Waals surface area (Å²) in [4.78, 5) is 10.9. The van der Waals surface area contributed by atoms with E-state index in [1.165, 1.54) is 18.2 Å². The van der Waals surface area contributed by atoms with Crippen LogP contribution in [0.1, 0.15) is 10.4 Å². The predicted octanol–water partition coefficient (Wildman–Crippen LogP) is 0.329. The Balaban J connectivity index is 3.02. The number of hydrogen-bond acceptors (Lipinski definition) is 3. The Hall–Kier alpha value is -1.62. The summed E-state index contributed by atoms with van der Waals surface area (Å²) in [5.74, 6) is -1.26. The van der Waals surface area contributed by atoms with Crippen LogP contribution in [0.15, 0.2) is 18.2 Å². The zero-order chi connectivity index (χ0) is 10.6. The second-order valence-corrected chi connectivity index (χ2v) is 2.68. The number of carbonyl (C=O) groups is 1. The van der Waals surface area contributed by atoms with Crippen molar-refractivity contribution in [3.05, 3.63) is 29.6 Å². The standard InChI is InChI=1S/C9H11FN2O2/c10-7-3-1-2-6(9(11)14)8(7)12-4-5-13/h1-3,12-13H,4-5H2,(H2,11,14). The molecule has 14 heavy (non-hydrogen) atoms. The molecular weight excluding hydrogens is 187 g/mol. The number of carbonyl (C=O) groups excluding carboxylic acids is 1. The van der Waals surface area contributed by atoms with E-state index in [2.05, 4.69) is 5.32 Å².